The van der Waals surface area contributed by atoms with Crippen LogP contribution in [-0.4, -0.2) is 44.3 Å². The van der Waals surface area contributed by atoms with Gasteiger partial charge in [0.1, 0.15) is 5.60 Å². The number of carbonyl (C=O) groups excluding carboxylic acids is 1. The third kappa shape index (κ3) is 4.01. The summed E-state index contributed by atoms with van der Waals surface area (Å²) in [6.45, 7) is 7.18. The molecule has 6 heteroatoms. The van der Waals surface area contributed by atoms with Crippen LogP contribution in [-0.2, 0) is 4.74 Å². The van der Waals surface area contributed by atoms with Crippen LogP contribution in [0.4, 0.5) is 4.79 Å². The summed E-state index contributed by atoms with van der Waals surface area (Å²) in [7, 11) is 0. The molecule has 1 amide bonds. The molecule has 0 radical (unpaired) electrons. The van der Waals surface area contributed by atoms with E-state index >= 15 is 0 Å². The van der Waals surface area contributed by atoms with Gasteiger partial charge in [-0.1, -0.05) is 24.3 Å². The van der Waals surface area contributed by atoms with Gasteiger partial charge in [0, 0.05) is 37.1 Å². The number of amides is 1. The van der Waals surface area contributed by atoms with Gasteiger partial charge in [0.15, 0.2) is 5.65 Å². The van der Waals surface area contributed by atoms with Gasteiger partial charge < -0.3 is 9.64 Å². The van der Waals surface area contributed by atoms with Crippen molar-refractivity contribution in [3.63, 3.8) is 0 Å². The van der Waals surface area contributed by atoms with Crippen LogP contribution < -0.4 is 0 Å². The fraction of sp³-hybridized carbons (Fsp3) is 0.409. The van der Waals surface area contributed by atoms with Crippen LogP contribution in [0.5, 0.6) is 0 Å². The van der Waals surface area contributed by atoms with E-state index in [1.54, 1.807) is 10.7 Å². The lowest BCUT2D eigenvalue weighted by atomic mass is 9.89. The molecule has 3 heterocycles. The van der Waals surface area contributed by atoms with E-state index in [9.17, 15) is 4.79 Å². The Labute approximate surface area is 165 Å². The molecule has 1 aliphatic rings. The van der Waals surface area contributed by atoms with Crippen molar-refractivity contribution in [1.82, 2.24) is 19.5 Å². The van der Waals surface area contributed by atoms with Crippen molar-refractivity contribution in [3.05, 3.63) is 54.5 Å². The number of rotatable bonds is 2. The van der Waals surface area contributed by atoms with Gasteiger partial charge in [-0.05, 0) is 50.7 Å². The summed E-state index contributed by atoms with van der Waals surface area (Å²) in [4.78, 5) is 18.5. The Morgan fingerprint density at radius 3 is 2.46 bits per heavy atom. The van der Waals surface area contributed by atoms with E-state index in [1.807, 2.05) is 44.1 Å². The van der Waals surface area contributed by atoms with Crippen molar-refractivity contribution < 1.29 is 9.53 Å². The zero-order chi connectivity index (χ0) is 19.7. The molecule has 0 unspecified atom stereocenters. The molecule has 1 aromatic carbocycles. The standard InChI is InChI=1S/C22H26N4O2/c1-22(2,3)28-21(27)25-12-9-18(10-13-25)16-4-6-17(7-5-16)19-14-23-20-8-11-24-26(20)15-19/h4-8,11,14-15,18H,9-10,12-13H2,1-3H3. The average Bonchev–Trinajstić information content (AvgIpc) is 3.15. The summed E-state index contributed by atoms with van der Waals surface area (Å²) < 4.78 is 7.27. The van der Waals surface area contributed by atoms with Gasteiger partial charge in [0.05, 0.1) is 6.20 Å². The lowest BCUT2D eigenvalue weighted by Crippen LogP contribution is -2.41. The minimum Gasteiger partial charge on any atom is -0.444 e. The van der Waals surface area contributed by atoms with E-state index < -0.39 is 5.60 Å². The van der Waals surface area contributed by atoms with Crippen LogP contribution in [0.15, 0.2) is 48.9 Å². The number of fused-ring (bicyclic) bond motifs is 1. The van der Waals surface area contributed by atoms with E-state index in [2.05, 4.69) is 34.3 Å². The van der Waals surface area contributed by atoms with Crippen LogP contribution in [0, 0.1) is 0 Å². The highest BCUT2D eigenvalue weighted by Gasteiger charge is 2.27. The Morgan fingerprint density at radius 1 is 1.07 bits per heavy atom. The number of hydrogen-bond donors (Lipinski definition) is 0. The van der Waals surface area contributed by atoms with Crippen LogP contribution in [0.1, 0.15) is 45.1 Å². The minimum atomic E-state index is -0.447. The number of benzene rings is 1. The predicted octanol–water partition coefficient (Wildman–Crippen LogP) is 4.51. The zero-order valence-corrected chi connectivity index (χ0v) is 16.6. The van der Waals surface area contributed by atoms with Crippen molar-refractivity contribution in [2.24, 2.45) is 0 Å². The van der Waals surface area contributed by atoms with E-state index in [-0.39, 0.29) is 6.09 Å². The van der Waals surface area contributed by atoms with Crippen LogP contribution in [0.2, 0.25) is 0 Å². The average molecular weight is 378 g/mol. The number of hydrogen-bond acceptors (Lipinski definition) is 4. The van der Waals surface area contributed by atoms with Gasteiger partial charge in [-0.2, -0.15) is 5.10 Å². The Hall–Kier alpha value is -2.89. The van der Waals surface area contributed by atoms with Crippen LogP contribution in [0.3, 0.4) is 0 Å². The summed E-state index contributed by atoms with van der Waals surface area (Å²) in [5, 5.41) is 4.25. The maximum Gasteiger partial charge on any atom is 0.410 e. The molecule has 0 saturated carbocycles. The molecule has 0 bridgehead atoms. The topological polar surface area (TPSA) is 59.7 Å². The van der Waals surface area contributed by atoms with Crippen molar-refractivity contribution in [2.45, 2.75) is 45.1 Å². The summed E-state index contributed by atoms with van der Waals surface area (Å²) >= 11 is 0. The molecule has 0 spiro atoms. The molecule has 2 aromatic heterocycles. The molecule has 1 fully saturated rings. The maximum absolute atomic E-state index is 12.2. The van der Waals surface area contributed by atoms with E-state index in [0.29, 0.717) is 5.92 Å². The summed E-state index contributed by atoms with van der Waals surface area (Å²) in [5.74, 6) is 0.472. The number of likely N-dealkylation sites (tertiary alicyclic amines) is 1. The van der Waals surface area contributed by atoms with Gasteiger partial charge in [-0.15, -0.1) is 0 Å². The first-order chi connectivity index (χ1) is 13.4. The van der Waals surface area contributed by atoms with Gasteiger partial charge >= 0.3 is 6.09 Å². The largest absolute Gasteiger partial charge is 0.444 e. The van der Waals surface area contributed by atoms with Crippen LogP contribution >= 0.6 is 0 Å². The molecule has 6 nitrogen and oxygen atoms in total. The SMILES string of the molecule is CC(C)(C)OC(=O)N1CCC(c2ccc(-c3cnc4ccnn4c3)cc2)CC1. The molecule has 4 rings (SSSR count). The van der Waals surface area contributed by atoms with Gasteiger partial charge in [-0.3, -0.25) is 0 Å². The second-order valence-electron chi connectivity index (χ2n) is 8.34. The van der Waals surface area contributed by atoms with Crippen molar-refractivity contribution in [1.29, 1.82) is 0 Å². The minimum absolute atomic E-state index is 0.206. The number of piperidine rings is 1. The number of nitrogens with zero attached hydrogens (tertiary/aromatic N) is 4. The number of carbonyl (C=O) groups is 1. The Balaban J connectivity index is 1.40. The zero-order valence-electron chi connectivity index (χ0n) is 16.6. The third-order valence-electron chi connectivity index (χ3n) is 5.11. The summed E-state index contributed by atoms with van der Waals surface area (Å²) in [6, 6.07) is 10.5. The first-order valence-corrected chi connectivity index (χ1v) is 9.77. The van der Waals surface area contributed by atoms with Crippen LogP contribution in [0.25, 0.3) is 16.8 Å². The first-order valence-electron chi connectivity index (χ1n) is 9.77. The molecule has 0 atom stereocenters. The fourth-order valence-electron chi connectivity index (χ4n) is 3.63. The predicted molar refractivity (Wildman–Crippen MR) is 108 cm³/mol. The molecule has 1 aliphatic heterocycles. The fourth-order valence-corrected chi connectivity index (χ4v) is 3.63. The van der Waals surface area contributed by atoms with E-state index in [4.69, 9.17) is 4.74 Å². The highest BCUT2D eigenvalue weighted by molar-refractivity contribution is 5.68. The molecular weight excluding hydrogens is 352 g/mol. The lowest BCUT2D eigenvalue weighted by Gasteiger charge is -2.33. The second-order valence-corrected chi connectivity index (χ2v) is 8.34. The smallest absolute Gasteiger partial charge is 0.410 e. The Morgan fingerprint density at radius 2 is 1.79 bits per heavy atom. The maximum atomic E-state index is 12.2. The Kier molecular flexibility index (Phi) is 4.79. The molecule has 0 N–H and O–H groups in total. The number of ether oxygens (including phenoxy) is 1. The highest BCUT2D eigenvalue weighted by atomic mass is 16.6. The molecule has 28 heavy (non-hydrogen) atoms. The molecule has 146 valence electrons. The quantitative estimate of drug-likeness (QED) is 0.658. The third-order valence-corrected chi connectivity index (χ3v) is 5.11. The van der Waals surface area contributed by atoms with Crippen molar-refractivity contribution in [3.8, 4) is 11.1 Å². The first kappa shape index (κ1) is 18.5. The lowest BCUT2D eigenvalue weighted by molar-refractivity contribution is 0.0205. The molecular formula is C22H26N4O2. The summed E-state index contributed by atoms with van der Waals surface area (Å²) in [5.41, 5.74) is 3.89. The monoisotopic (exact) mass is 378 g/mol. The van der Waals surface area contributed by atoms with Gasteiger partial charge in [-0.25, -0.2) is 14.3 Å². The van der Waals surface area contributed by atoms with E-state index in [1.165, 1.54) is 5.56 Å². The second kappa shape index (κ2) is 7.26. The van der Waals surface area contributed by atoms with Crippen molar-refractivity contribution >= 4 is 11.7 Å². The molecule has 0 aliphatic carbocycles. The highest BCUT2D eigenvalue weighted by Crippen LogP contribution is 2.30. The molecule has 1 saturated heterocycles. The van der Waals surface area contributed by atoms with Gasteiger partial charge in [0.2, 0.25) is 0 Å². The Bertz CT molecular complexity index is 964. The van der Waals surface area contributed by atoms with Gasteiger partial charge in [0.25, 0.3) is 0 Å². The normalized spacial score (nSPS) is 15.8. The number of aromatic nitrogens is 3. The molecule has 3 aromatic rings. The van der Waals surface area contributed by atoms with Crippen molar-refractivity contribution in [2.75, 3.05) is 13.1 Å². The summed E-state index contributed by atoms with van der Waals surface area (Å²) in [6.07, 6.45) is 7.34. The van der Waals surface area contributed by atoms with E-state index in [0.717, 1.165) is 42.7 Å².